The second-order valence-electron chi connectivity index (χ2n) is 7.35. The van der Waals surface area contributed by atoms with Crippen LogP contribution >= 0.6 is 0 Å². The van der Waals surface area contributed by atoms with Gasteiger partial charge >= 0.3 is 12.0 Å². The molecule has 0 aliphatic heterocycles. The first kappa shape index (κ1) is 22.2. The van der Waals surface area contributed by atoms with Crippen LogP contribution in [0.5, 0.6) is 0 Å². The molecule has 2 amide bonds. The average Bonchev–Trinajstić information content (AvgIpc) is 3.21. The lowest BCUT2D eigenvalue weighted by Gasteiger charge is -2.19. The van der Waals surface area contributed by atoms with Crippen LogP contribution in [0, 0.1) is 6.92 Å². The third-order valence-electron chi connectivity index (χ3n) is 5.14. The Morgan fingerprint density at radius 3 is 2.48 bits per heavy atom. The van der Waals surface area contributed by atoms with Gasteiger partial charge < -0.3 is 19.9 Å². The Labute approximate surface area is 183 Å². The molecule has 0 saturated heterocycles. The molecule has 31 heavy (non-hydrogen) atoms. The number of nitrogens with zero attached hydrogens (tertiary/aromatic N) is 1. The average molecular weight is 420 g/mol. The fourth-order valence-corrected chi connectivity index (χ4v) is 3.44. The van der Waals surface area contributed by atoms with Crippen molar-refractivity contribution in [2.24, 2.45) is 0 Å². The highest BCUT2D eigenvalue weighted by Crippen LogP contribution is 2.17. The van der Waals surface area contributed by atoms with Crippen molar-refractivity contribution < 1.29 is 14.3 Å². The maximum absolute atomic E-state index is 12.6. The van der Waals surface area contributed by atoms with Crippen LogP contribution in [0.15, 0.2) is 72.9 Å². The van der Waals surface area contributed by atoms with Crippen molar-refractivity contribution in [3.8, 4) is 0 Å². The van der Waals surface area contributed by atoms with E-state index >= 15 is 0 Å². The summed E-state index contributed by atoms with van der Waals surface area (Å²) in [6, 6.07) is 20.9. The topological polar surface area (TPSA) is 72.4 Å². The number of rotatable bonds is 9. The Morgan fingerprint density at radius 1 is 1.00 bits per heavy atom. The molecule has 0 aliphatic rings. The fourth-order valence-electron chi connectivity index (χ4n) is 3.44. The molecular weight excluding hydrogens is 390 g/mol. The van der Waals surface area contributed by atoms with Crippen LogP contribution < -0.4 is 10.6 Å². The van der Waals surface area contributed by atoms with E-state index in [4.69, 9.17) is 4.74 Å². The molecule has 0 aliphatic carbocycles. The van der Waals surface area contributed by atoms with E-state index in [-0.39, 0.29) is 18.4 Å². The predicted octanol–water partition coefficient (Wildman–Crippen LogP) is 4.34. The number of amides is 2. The van der Waals surface area contributed by atoms with E-state index < -0.39 is 6.04 Å². The lowest BCUT2D eigenvalue weighted by molar-refractivity contribution is -0.143. The van der Waals surface area contributed by atoms with Gasteiger partial charge in [0.1, 0.15) is 0 Å². The van der Waals surface area contributed by atoms with Gasteiger partial charge in [0.2, 0.25) is 0 Å². The number of benzene rings is 2. The van der Waals surface area contributed by atoms with Crippen LogP contribution in [0.1, 0.15) is 41.8 Å². The van der Waals surface area contributed by atoms with Crippen LogP contribution in [0.4, 0.5) is 4.79 Å². The van der Waals surface area contributed by atoms with Crippen molar-refractivity contribution in [1.82, 2.24) is 15.2 Å². The summed E-state index contributed by atoms with van der Waals surface area (Å²) < 4.78 is 7.18. The molecule has 0 saturated carbocycles. The molecule has 162 valence electrons. The Bertz CT molecular complexity index is 998. The summed E-state index contributed by atoms with van der Waals surface area (Å²) in [4.78, 5) is 24.6. The van der Waals surface area contributed by atoms with Gasteiger partial charge in [-0.25, -0.2) is 4.79 Å². The van der Waals surface area contributed by atoms with Gasteiger partial charge in [-0.3, -0.25) is 4.79 Å². The Balaban J connectivity index is 1.61. The van der Waals surface area contributed by atoms with Gasteiger partial charge in [0.05, 0.1) is 25.6 Å². The lowest BCUT2D eigenvalue weighted by Crippen LogP contribution is -2.38. The third-order valence-corrected chi connectivity index (χ3v) is 5.14. The molecule has 1 heterocycles. The highest BCUT2D eigenvalue weighted by atomic mass is 16.5. The smallest absolute Gasteiger partial charge is 0.315 e. The highest BCUT2D eigenvalue weighted by Gasteiger charge is 2.19. The van der Waals surface area contributed by atoms with Crippen LogP contribution in [0.25, 0.3) is 0 Å². The number of carbonyl (C=O) groups is 2. The Kier molecular flexibility index (Phi) is 7.87. The molecule has 0 fully saturated rings. The zero-order chi connectivity index (χ0) is 22.1. The number of hydrogen-bond acceptors (Lipinski definition) is 3. The fraction of sp³-hybridized carbons (Fsp3) is 0.280. The maximum Gasteiger partial charge on any atom is 0.315 e. The predicted molar refractivity (Wildman–Crippen MR) is 121 cm³/mol. The van der Waals surface area contributed by atoms with Crippen LogP contribution in [0.2, 0.25) is 0 Å². The molecule has 1 aromatic heterocycles. The zero-order valence-electron chi connectivity index (χ0n) is 18.0. The molecule has 2 aromatic carbocycles. The lowest BCUT2D eigenvalue weighted by atomic mass is 10.0. The minimum atomic E-state index is -0.459. The normalized spacial score (nSPS) is 11.5. The van der Waals surface area contributed by atoms with E-state index in [0.717, 1.165) is 17.8 Å². The van der Waals surface area contributed by atoms with Crippen molar-refractivity contribution in [2.45, 2.75) is 39.4 Å². The van der Waals surface area contributed by atoms with E-state index in [2.05, 4.69) is 34.3 Å². The SMILES string of the molecule is CCOC(=O)C[C@@H](NC(=O)NCc1cccn1Cc1ccccc1C)c1ccccc1. The number of aromatic nitrogens is 1. The molecule has 0 radical (unpaired) electrons. The highest BCUT2D eigenvalue weighted by molar-refractivity contribution is 5.76. The van der Waals surface area contributed by atoms with Crippen molar-refractivity contribution in [3.05, 3.63) is 95.3 Å². The van der Waals surface area contributed by atoms with Crippen molar-refractivity contribution >= 4 is 12.0 Å². The second kappa shape index (κ2) is 11.0. The minimum Gasteiger partial charge on any atom is -0.466 e. The molecule has 6 nitrogen and oxygen atoms in total. The zero-order valence-corrected chi connectivity index (χ0v) is 18.0. The first-order chi connectivity index (χ1) is 15.1. The molecule has 1 atom stereocenters. The first-order valence-corrected chi connectivity index (χ1v) is 10.5. The molecule has 3 rings (SSSR count). The standard InChI is InChI=1S/C25H29N3O3/c1-3-31-24(29)16-23(20-11-5-4-6-12-20)27-25(30)26-17-22-14-9-15-28(22)18-21-13-8-7-10-19(21)2/h4-15,23H,3,16-18H2,1-2H3,(H2,26,27,30)/t23-/m1/s1. The van der Waals surface area contributed by atoms with Crippen molar-refractivity contribution in [3.63, 3.8) is 0 Å². The number of aryl methyl sites for hydroxylation is 1. The summed E-state index contributed by atoms with van der Waals surface area (Å²) in [5.74, 6) is -0.344. The second-order valence-corrected chi connectivity index (χ2v) is 7.35. The van der Waals surface area contributed by atoms with Crippen molar-refractivity contribution in [1.29, 1.82) is 0 Å². The summed E-state index contributed by atoms with van der Waals surface area (Å²) >= 11 is 0. The maximum atomic E-state index is 12.6. The minimum absolute atomic E-state index is 0.0783. The van der Waals surface area contributed by atoms with Gasteiger partial charge in [-0.1, -0.05) is 54.6 Å². The van der Waals surface area contributed by atoms with E-state index in [1.165, 1.54) is 11.1 Å². The summed E-state index contributed by atoms with van der Waals surface area (Å²) in [6.45, 7) is 5.29. The number of nitrogens with one attached hydrogen (secondary N) is 2. The van der Waals surface area contributed by atoms with E-state index in [9.17, 15) is 9.59 Å². The molecule has 0 bridgehead atoms. The molecule has 6 heteroatoms. The van der Waals surface area contributed by atoms with Gasteiger partial charge in [-0.05, 0) is 42.7 Å². The number of esters is 1. The largest absolute Gasteiger partial charge is 0.466 e. The van der Waals surface area contributed by atoms with Crippen LogP contribution in [0.3, 0.4) is 0 Å². The monoisotopic (exact) mass is 419 g/mol. The molecule has 3 aromatic rings. The van der Waals surface area contributed by atoms with Crippen molar-refractivity contribution in [2.75, 3.05) is 6.61 Å². The van der Waals surface area contributed by atoms with Gasteiger partial charge in [0.25, 0.3) is 0 Å². The summed E-state index contributed by atoms with van der Waals surface area (Å²) in [6.07, 6.45) is 2.09. The summed E-state index contributed by atoms with van der Waals surface area (Å²) in [5, 5.41) is 5.81. The Morgan fingerprint density at radius 2 is 1.74 bits per heavy atom. The quantitative estimate of drug-likeness (QED) is 0.507. The number of hydrogen-bond donors (Lipinski definition) is 2. The summed E-state index contributed by atoms with van der Waals surface area (Å²) in [7, 11) is 0. The number of carbonyl (C=O) groups excluding carboxylic acids is 2. The van der Waals surface area contributed by atoms with Gasteiger partial charge in [-0.2, -0.15) is 0 Å². The van der Waals surface area contributed by atoms with Crippen LogP contribution in [-0.2, 0) is 22.6 Å². The molecule has 0 spiro atoms. The number of ether oxygens (including phenoxy) is 1. The van der Waals surface area contributed by atoms with Gasteiger partial charge in [0, 0.05) is 18.4 Å². The van der Waals surface area contributed by atoms with Gasteiger partial charge in [0.15, 0.2) is 0 Å². The molecule has 2 N–H and O–H groups in total. The van der Waals surface area contributed by atoms with E-state index in [1.807, 2.05) is 60.8 Å². The third kappa shape index (κ3) is 6.47. The van der Waals surface area contributed by atoms with Gasteiger partial charge in [-0.15, -0.1) is 0 Å². The number of urea groups is 1. The van der Waals surface area contributed by atoms with Crippen LogP contribution in [-0.4, -0.2) is 23.2 Å². The first-order valence-electron chi connectivity index (χ1n) is 10.5. The molecule has 0 unspecified atom stereocenters. The Hall–Kier alpha value is -3.54. The summed E-state index contributed by atoms with van der Waals surface area (Å²) in [5.41, 5.74) is 4.33. The molecular formula is C25H29N3O3. The van der Waals surface area contributed by atoms with E-state index in [1.54, 1.807) is 6.92 Å². The van der Waals surface area contributed by atoms with E-state index in [0.29, 0.717) is 13.2 Å².